The molecule has 0 spiro atoms. The van der Waals surface area contributed by atoms with Gasteiger partial charge < -0.3 is 4.90 Å². The summed E-state index contributed by atoms with van der Waals surface area (Å²) >= 11 is 0. The molecule has 3 rings (SSSR count). The van der Waals surface area contributed by atoms with Crippen LogP contribution in [0.5, 0.6) is 0 Å². The van der Waals surface area contributed by atoms with Crippen LogP contribution in [0.2, 0.25) is 0 Å². The van der Waals surface area contributed by atoms with Crippen LogP contribution in [-0.2, 0) is 17.8 Å². The van der Waals surface area contributed by atoms with Crippen molar-refractivity contribution >= 4 is 5.91 Å². The van der Waals surface area contributed by atoms with Gasteiger partial charge in [0.2, 0.25) is 5.91 Å². The van der Waals surface area contributed by atoms with Gasteiger partial charge in [-0.15, -0.1) is 0 Å². The second kappa shape index (κ2) is 7.57. The molecule has 6 heteroatoms. The summed E-state index contributed by atoms with van der Waals surface area (Å²) in [4.78, 5) is 16.8. The van der Waals surface area contributed by atoms with E-state index in [4.69, 9.17) is 0 Å². The summed E-state index contributed by atoms with van der Waals surface area (Å²) in [5.74, 6) is 0.103. The summed E-state index contributed by atoms with van der Waals surface area (Å²) in [6, 6.07) is 10.8. The summed E-state index contributed by atoms with van der Waals surface area (Å²) in [5, 5.41) is 7.56. The molecule has 0 unspecified atom stereocenters. The molecule has 1 saturated heterocycles. The molecular weight excluding hydrogens is 304 g/mol. The van der Waals surface area contributed by atoms with Crippen molar-refractivity contribution in [3.05, 3.63) is 47.3 Å². The van der Waals surface area contributed by atoms with E-state index < -0.39 is 0 Å². The number of carbonyl (C=O) groups is 1. The molecule has 1 aliphatic heterocycles. The number of aryl methyl sites for hydroxylation is 1. The predicted molar refractivity (Wildman–Crippen MR) is 90.3 cm³/mol. The Labute approximate surface area is 142 Å². The molecule has 1 amide bonds. The fourth-order valence-electron chi connectivity index (χ4n) is 3.21. The highest BCUT2D eigenvalue weighted by atomic mass is 16.6. The molecular formula is C18H24N4O2. The second-order valence-corrected chi connectivity index (χ2v) is 6.51. The average Bonchev–Trinajstić information content (AvgIpc) is 3.00. The first-order valence-electron chi connectivity index (χ1n) is 8.43. The lowest BCUT2D eigenvalue weighted by atomic mass is 10.0. The molecule has 0 bridgehead atoms. The van der Waals surface area contributed by atoms with Crippen molar-refractivity contribution in [3.8, 4) is 0 Å². The third kappa shape index (κ3) is 4.00. The Morgan fingerprint density at radius 1 is 1.33 bits per heavy atom. The molecule has 1 fully saturated rings. The quantitative estimate of drug-likeness (QED) is 0.840. The van der Waals surface area contributed by atoms with Crippen LogP contribution in [0, 0.1) is 6.92 Å². The van der Waals surface area contributed by atoms with Crippen LogP contribution in [0.4, 0.5) is 0 Å². The minimum atomic E-state index is 0.103. The van der Waals surface area contributed by atoms with E-state index in [2.05, 4.69) is 51.2 Å². The molecule has 2 aromatic rings. The Bertz CT molecular complexity index is 671. The van der Waals surface area contributed by atoms with Crippen molar-refractivity contribution in [1.29, 1.82) is 0 Å². The van der Waals surface area contributed by atoms with E-state index in [-0.39, 0.29) is 12.3 Å². The fourth-order valence-corrected chi connectivity index (χ4v) is 3.21. The zero-order valence-corrected chi connectivity index (χ0v) is 14.3. The van der Waals surface area contributed by atoms with Gasteiger partial charge in [0.25, 0.3) is 0 Å². The van der Waals surface area contributed by atoms with Gasteiger partial charge in [0.05, 0.1) is 6.42 Å². The Morgan fingerprint density at radius 3 is 2.83 bits per heavy atom. The number of likely N-dealkylation sites (N-methyl/N-ethyl adjacent to an activating group) is 1. The van der Waals surface area contributed by atoms with Crippen molar-refractivity contribution < 1.29 is 9.42 Å². The standard InChI is InChI=1S/C18H24N4O2/c1-14-17(20-24-19-14)11-18(23)22-10-6-9-16(13-22)21(2)12-15-7-4-3-5-8-15/h3-5,7-8,16H,6,9-13H2,1-2H3/t16-/m1/s1. The van der Waals surface area contributed by atoms with Gasteiger partial charge in [0, 0.05) is 25.7 Å². The van der Waals surface area contributed by atoms with Crippen LogP contribution in [0.3, 0.4) is 0 Å². The maximum absolute atomic E-state index is 12.5. The van der Waals surface area contributed by atoms with Gasteiger partial charge in [-0.2, -0.15) is 0 Å². The Balaban J connectivity index is 1.57. The summed E-state index contributed by atoms with van der Waals surface area (Å²) in [7, 11) is 2.14. The highest BCUT2D eigenvalue weighted by Gasteiger charge is 2.27. The SMILES string of the molecule is Cc1nonc1CC(=O)N1CCC[C@@H](N(C)Cc2ccccc2)C1. The molecule has 1 aliphatic rings. The Hall–Kier alpha value is -2.21. The molecule has 128 valence electrons. The minimum absolute atomic E-state index is 0.103. The number of likely N-dealkylation sites (tertiary alicyclic amines) is 1. The number of hydrogen-bond donors (Lipinski definition) is 0. The van der Waals surface area contributed by atoms with Gasteiger partial charge in [-0.3, -0.25) is 9.69 Å². The largest absolute Gasteiger partial charge is 0.341 e. The van der Waals surface area contributed by atoms with E-state index >= 15 is 0 Å². The number of aromatic nitrogens is 2. The molecule has 0 radical (unpaired) electrons. The monoisotopic (exact) mass is 328 g/mol. The highest BCUT2D eigenvalue weighted by molar-refractivity contribution is 5.78. The van der Waals surface area contributed by atoms with Crippen molar-refractivity contribution in [1.82, 2.24) is 20.1 Å². The fraction of sp³-hybridized carbons (Fsp3) is 0.500. The smallest absolute Gasteiger partial charge is 0.228 e. The maximum atomic E-state index is 12.5. The lowest BCUT2D eigenvalue weighted by molar-refractivity contribution is -0.132. The number of piperidine rings is 1. The molecule has 24 heavy (non-hydrogen) atoms. The van der Waals surface area contributed by atoms with Crippen LogP contribution in [-0.4, -0.2) is 52.2 Å². The second-order valence-electron chi connectivity index (χ2n) is 6.51. The van der Waals surface area contributed by atoms with E-state index in [9.17, 15) is 4.79 Å². The number of carbonyl (C=O) groups excluding carboxylic acids is 1. The van der Waals surface area contributed by atoms with Gasteiger partial charge in [-0.1, -0.05) is 40.6 Å². The van der Waals surface area contributed by atoms with Crippen molar-refractivity contribution in [2.75, 3.05) is 20.1 Å². The maximum Gasteiger partial charge on any atom is 0.228 e. The molecule has 0 aliphatic carbocycles. The molecule has 1 atom stereocenters. The first kappa shape index (κ1) is 16.6. The van der Waals surface area contributed by atoms with Crippen LogP contribution in [0.25, 0.3) is 0 Å². The first-order chi connectivity index (χ1) is 11.6. The summed E-state index contributed by atoms with van der Waals surface area (Å²) < 4.78 is 4.68. The van der Waals surface area contributed by atoms with E-state index in [1.165, 1.54) is 5.56 Å². The van der Waals surface area contributed by atoms with Gasteiger partial charge in [0.15, 0.2) is 0 Å². The molecule has 6 nitrogen and oxygen atoms in total. The molecule has 1 aromatic heterocycles. The summed E-state index contributed by atoms with van der Waals surface area (Å²) in [6.07, 6.45) is 2.42. The highest BCUT2D eigenvalue weighted by Crippen LogP contribution is 2.18. The minimum Gasteiger partial charge on any atom is -0.341 e. The first-order valence-corrected chi connectivity index (χ1v) is 8.43. The van der Waals surface area contributed by atoms with Crippen molar-refractivity contribution in [3.63, 3.8) is 0 Å². The van der Waals surface area contributed by atoms with Crippen molar-refractivity contribution in [2.24, 2.45) is 0 Å². The Morgan fingerprint density at radius 2 is 2.12 bits per heavy atom. The van der Waals surface area contributed by atoms with Crippen LogP contribution < -0.4 is 0 Å². The van der Waals surface area contributed by atoms with Crippen molar-refractivity contribution in [2.45, 2.75) is 38.8 Å². The summed E-state index contributed by atoms with van der Waals surface area (Å²) in [6.45, 7) is 4.30. The number of nitrogens with zero attached hydrogens (tertiary/aromatic N) is 4. The van der Waals surface area contributed by atoms with Gasteiger partial charge in [0.1, 0.15) is 11.4 Å². The van der Waals surface area contributed by atoms with E-state index in [1.54, 1.807) is 0 Å². The number of rotatable bonds is 5. The van der Waals surface area contributed by atoms with Crippen LogP contribution >= 0.6 is 0 Å². The molecule has 2 heterocycles. The van der Waals surface area contributed by atoms with Gasteiger partial charge in [-0.25, -0.2) is 4.63 Å². The normalized spacial score (nSPS) is 18.1. The predicted octanol–water partition coefficient (Wildman–Crippen LogP) is 2.04. The van der Waals surface area contributed by atoms with Gasteiger partial charge >= 0.3 is 0 Å². The number of amides is 1. The third-order valence-corrected chi connectivity index (χ3v) is 4.71. The van der Waals surface area contributed by atoms with E-state index in [0.717, 1.165) is 32.5 Å². The third-order valence-electron chi connectivity index (χ3n) is 4.71. The zero-order valence-electron chi connectivity index (χ0n) is 14.3. The number of benzene rings is 1. The van der Waals surface area contributed by atoms with Crippen LogP contribution in [0.1, 0.15) is 29.8 Å². The average molecular weight is 328 g/mol. The molecule has 0 N–H and O–H groups in total. The number of hydrogen-bond acceptors (Lipinski definition) is 5. The lowest BCUT2D eigenvalue weighted by Gasteiger charge is -2.37. The summed E-state index contributed by atoms with van der Waals surface area (Å²) in [5.41, 5.74) is 2.63. The van der Waals surface area contributed by atoms with Gasteiger partial charge in [-0.05, 0) is 32.4 Å². The van der Waals surface area contributed by atoms with Crippen LogP contribution in [0.15, 0.2) is 35.0 Å². The van der Waals surface area contributed by atoms with E-state index in [1.807, 2.05) is 17.9 Å². The zero-order chi connectivity index (χ0) is 16.9. The van der Waals surface area contributed by atoms with E-state index in [0.29, 0.717) is 17.4 Å². The topological polar surface area (TPSA) is 62.5 Å². The Kier molecular flexibility index (Phi) is 5.25. The lowest BCUT2D eigenvalue weighted by Crippen LogP contribution is -2.48. The molecule has 0 saturated carbocycles. The molecule has 1 aromatic carbocycles.